The van der Waals surface area contributed by atoms with Gasteiger partial charge < -0.3 is 15.8 Å². The van der Waals surface area contributed by atoms with Gasteiger partial charge in [0.25, 0.3) is 0 Å². The minimum absolute atomic E-state index is 0.443. The Morgan fingerprint density at radius 1 is 1.30 bits per heavy atom. The number of pyridine rings is 1. The lowest BCUT2D eigenvalue weighted by Crippen LogP contribution is -2.42. The fourth-order valence-electron chi connectivity index (χ4n) is 3.39. The van der Waals surface area contributed by atoms with E-state index in [2.05, 4.69) is 27.1 Å². The largest absolute Gasteiger partial charge is 0.473 e. The third-order valence-electron chi connectivity index (χ3n) is 4.91. The lowest BCUT2D eigenvalue weighted by Gasteiger charge is -2.23. The maximum absolute atomic E-state index is 6.06. The van der Waals surface area contributed by atoms with Gasteiger partial charge in [-0.2, -0.15) is 0 Å². The van der Waals surface area contributed by atoms with Gasteiger partial charge in [-0.3, -0.25) is 4.90 Å². The van der Waals surface area contributed by atoms with Crippen molar-refractivity contribution in [1.82, 2.24) is 15.2 Å². The van der Waals surface area contributed by atoms with Gasteiger partial charge in [-0.1, -0.05) is 43.3 Å². The first-order valence-corrected chi connectivity index (χ1v) is 9.64. The summed E-state index contributed by atoms with van der Waals surface area (Å²) in [5.41, 5.74) is 8.09. The van der Waals surface area contributed by atoms with Gasteiger partial charge in [0.2, 0.25) is 5.88 Å². The van der Waals surface area contributed by atoms with Crippen LogP contribution in [0.4, 0.5) is 0 Å². The third-order valence-corrected chi connectivity index (χ3v) is 4.91. The summed E-state index contributed by atoms with van der Waals surface area (Å²) in [6.07, 6.45) is 4.21. The van der Waals surface area contributed by atoms with E-state index in [9.17, 15) is 0 Å². The molecule has 3 N–H and O–H groups in total. The van der Waals surface area contributed by atoms with E-state index in [4.69, 9.17) is 10.5 Å². The molecule has 0 amide bonds. The number of nitrogens with one attached hydrogen (secondary N) is 1. The van der Waals surface area contributed by atoms with Crippen LogP contribution in [-0.2, 0) is 13.2 Å². The van der Waals surface area contributed by atoms with Gasteiger partial charge in [-0.15, -0.1) is 0 Å². The van der Waals surface area contributed by atoms with E-state index >= 15 is 0 Å². The number of aromatic nitrogens is 1. The number of hydrogen-bond donors (Lipinski definition) is 2. The Labute approximate surface area is 161 Å². The number of likely N-dealkylation sites (tertiary alicyclic amines) is 1. The SMILES string of the molecule is CCN1CCCC1CNC(N)=NCc1cccnc1OCc1ccccc1. The fourth-order valence-corrected chi connectivity index (χ4v) is 3.39. The Balaban J connectivity index is 1.53. The van der Waals surface area contributed by atoms with Gasteiger partial charge in [0.05, 0.1) is 6.54 Å². The first kappa shape index (κ1) is 19.2. The molecule has 27 heavy (non-hydrogen) atoms. The second-order valence-electron chi connectivity index (χ2n) is 6.75. The Morgan fingerprint density at radius 2 is 2.15 bits per heavy atom. The number of benzene rings is 1. The molecule has 144 valence electrons. The van der Waals surface area contributed by atoms with Crippen LogP contribution < -0.4 is 15.8 Å². The van der Waals surface area contributed by atoms with Crippen molar-refractivity contribution in [2.45, 2.75) is 39.0 Å². The highest BCUT2D eigenvalue weighted by Crippen LogP contribution is 2.17. The fraction of sp³-hybridized carbons (Fsp3) is 0.429. The van der Waals surface area contributed by atoms with Crippen molar-refractivity contribution in [3.63, 3.8) is 0 Å². The normalized spacial score (nSPS) is 17.8. The Kier molecular flexibility index (Phi) is 7.04. The molecule has 0 saturated carbocycles. The molecule has 1 saturated heterocycles. The average Bonchev–Trinajstić information content (AvgIpc) is 3.18. The van der Waals surface area contributed by atoms with Crippen molar-refractivity contribution in [3.05, 3.63) is 59.8 Å². The van der Waals surface area contributed by atoms with Crippen molar-refractivity contribution in [3.8, 4) is 5.88 Å². The predicted octanol–water partition coefficient (Wildman–Crippen LogP) is 2.55. The van der Waals surface area contributed by atoms with E-state index in [0.717, 1.165) is 24.2 Å². The van der Waals surface area contributed by atoms with Gasteiger partial charge in [0.15, 0.2) is 5.96 Å². The van der Waals surface area contributed by atoms with Crippen LogP contribution in [-0.4, -0.2) is 41.5 Å². The molecule has 1 aromatic carbocycles. The number of rotatable bonds is 8. The molecule has 1 aliphatic rings. The quantitative estimate of drug-likeness (QED) is 0.554. The molecule has 6 nitrogen and oxygen atoms in total. The highest BCUT2D eigenvalue weighted by Gasteiger charge is 2.22. The Morgan fingerprint density at radius 3 is 2.96 bits per heavy atom. The molecule has 0 bridgehead atoms. The van der Waals surface area contributed by atoms with Crippen LogP contribution in [0.15, 0.2) is 53.7 Å². The van der Waals surface area contributed by atoms with Gasteiger partial charge in [0, 0.05) is 24.3 Å². The van der Waals surface area contributed by atoms with Crippen LogP contribution in [0.3, 0.4) is 0 Å². The van der Waals surface area contributed by atoms with Gasteiger partial charge >= 0.3 is 0 Å². The minimum Gasteiger partial charge on any atom is -0.473 e. The molecule has 6 heteroatoms. The zero-order chi connectivity index (χ0) is 18.9. The molecule has 2 aromatic rings. The number of nitrogens with zero attached hydrogens (tertiary/aromatic N) is 3. The molecule has 1 aromatic heterocycles. The van der Waals surface area contributed by atoms with Crippen LogP contribution in [0, 0.1) is 0 Å². The van der Waals surface area contributed by atoms with Crippen molar-refractivity contribution >= 4 is 5.96 Å². The minimum atomic E-state index is 0.443. The molecule has 1 aliphatic heterocycles. The number of hydrogen-bond acceptors (Lipinski definition) is 4. The molecule has 0 aliphatic carbocycles. The van der Waals surface area contributed by atoms with Crippen LogP contribution in [0.2, 0.25) is 0 Å². The highest BCUT2D eigenvalue weighted by atomic mass is 16.5. The lowest BCUT2D eigenvalue weighted by molar-refractivity contribution is 0.267. The van der Waals surface area contributed by atoms with E-state index in [1.165, 1.54) is 19.4 Å². The van der Waals surface area contributed by atoms with E-state index in [-0.39, 0.29) is 0 Å². The first-order chi connectivity index (χ1) is 13.3. The summed E-state index contributed by atoms with van der Waals surface area (Å²) in [6.45, 7) is 6.23. The number of aliphatic imine (C=N–C) groups is 1. The topological polar surface area (TPSA) is 75.8 Å². The number of likely N-dealkylation sites (N-methyl/N-ethyl adjacent to an activating group) is 1. The van der Waals surface area contributed by atoms with Crippen molar-refractivity contribution < 1.29 is 4.74 Å². The summed E-state index contributed by atoms with van der Waals surface area (Å²) < 4.78 is 5.88. The molecule has 1 unspecified atom stereocenters. The van der Waals surface area contributed by atoms with Crippen LogP contribution in [0.5, 0.6) is 5.88 Å². The van der Waals surface area contributed by atoms with E-state index in [0.29, 0.717) is 31.0 Å². The molecule has 0 radical (unpaired) electrons. The summed E-state index contributed by atoms with van der Waals surface area (Å²) in [4.78, 5) is 11.3. The summed E-state index contributed by atoms with van der Waals surface area (Å²) in [5.74, 6) is 1.07. The molecular weight excluding hydrogens is 338 g/mol. The van der Waals surface area contributed by atoms with Gasteiger partial charge in [-0.05, 0) is 37.6 Å². The maximum Gasteiger partial charge on any atom is 0.218 e. The second kappa shape index (κ2) is 9.92. The van der Waals surface area contributed by atoms with E-state index in [1.54, 1.807) is 6.20 Å². The average molecular weight is 367 g/mol. The van der Waals surface area contributed by atoms with Gasteiger partial charge in [0.1, 0.15) is 6.61 Å². The second-order valence-corrected chi connectivity index (χ2v) is 6.75. The Bertz CT molecular complexity index is 734. The van der Waals surface area contributed by atoms with Crippen LogP contribution >= 0.6 is 0 Å². The monoisotopic (exact) mass is 367 g/mol. The zero-order valence-corrected chi connectivity index (χ0v) is 16.0. The molecule has 3 rings (SSSR count). The molecule has 1 fully saturated rings. The highest BCUT2D eigenvalue weighted by molar-refractivity contribution is 5.77. The molecule has 1 atom stereocenters. The summed E-state index contributed by atoms with van der Waals surface area (Å²) >= 11 is 0. The van der Waals surface area contributed by atoms with E-state index in [1.807, 2.05) is 42.5 Å². The summed E-state index contributed by atoms with van der Waals surface area (Å²) in [7, 11) is 0. The number of guanidine groups is 1. The lowest BCUT2D eigenvalue weighted by atomic mass is 10.2. The van der Waals surface area contributed by atoms with Crippen molar-refractivity contribution in [2.75, 3.05) is 19.6 Å². The van der Waals surface area contributed by atoms with Crippen molar-refractivity contribution in [1.29, 1.82) is 0 Å². The smallest absolute Gasteiger partial charge is 0.218 e. The maximum atomic E-state index is 6.06. The Hall–Kier alpha value is -2.60. The summed E-state index contributed by atoms with van der Waals surface area (Å²) in [5, 5.41) is 3.26. The summed E-state index contributed by atoms with van der Waals surface area (Å²) in [6, 6.07) is 14.5. The zero-order valence-electron chi connectivity index (χ0n) is 16.0. The standard InChI is InChI=1S/C21H29N5O/c1-2-26-13-7-11-19(26)15-25-21(22)24-14-18-10-6-12-23-20(18)27-16-17-8-4-3-5-9-17/h3-6,8-10,12,19H,2,7,11,13-16H2,1H3,(H3,22,24,25). The van der Waals surface area contributed by atoms with E-state index < -0.39 is 0 Å². The number of nitrogens with two attached hydrogens (primary N) is 1. The number of ether oxygens (including phenoxy) is 1. The van der Waals surface area contributed by atoms with Gasteiger partial charge in [-0.25, -0.2) is 9.98 Å². The molecular formula is C21H29N5O. The molecule has 2 heterocycles. The predicted molar refractivity (Wildman–Crippen MR) is 109 cm³/mol. The molecule has 0 spiro atoms. The van der Waals surface area contributed by atoms with Crippen LogP contribution in [0.25, 0.3) is 0 Å². The first-order valence-electron chi connectivity index (χ1n) is 9.64. The third kappa shape index (κ3) is 5.69. The van der Waals surface area contributed by atoms with Crippen molar-refractivity contribution in [2.24, 2.45) is 10.7 Å². The van der Waals surface area contributed by atoms with Crippen LogP contribution in [0.1, 0.15) is 30.9 Å².